The van der Waals surface area contributed by atoms with Gasteiger partial charge in [-0.05, 0) is 26.0 Å². The van der Waals surface area contributed by atoms with Crippen molar-refractivity contribution in [3.63, 3.8) is 0 Å². The van der Waals surface area contributed by atoms with Crippen molar-refractivity contribution in [2.24, 2.45) is 0 Å². The molecule has 0 saturated carbocycles. The lowest BCUT2D eigenvalue weighted by molar-refractivity contribution is 0.282. The van der Waals surface area contributed by atoms with Crippen molar-refractivity contribution < 1.29 is 8.42 Å². The van der Waals surface area contributed by atoms with Gasteiger partial charge >= 0.3 is 0 Å². The first kappa shape index (κ1) is 10.7. The Kier molecular flexibility index (Phi) is 2.39. The third-order valence-corrected chi connectivity index (χ3v) is 4.41. The van der Waals surface area contributed by atoms with Crippen LogP contribution in [0.2, 0.25) is 0 Å². The lowest BCUT2D eigenvalue weighted by Crippen LogP contribution is -2.40. The van der Waals surface area contributed by atoms with Gasteiger partial charge in [-0.15, -0.1) is 0 Å². The van der Waals surface area contributed by atoms with Gasteiger partial charge in [-0.3, -0.25) is 0 Å². The summed E-state index contributed by atoms with van der Waals surface area (Å²) in [6, 6.07) is 4.00. The number of aromatic nitrogens is 1. The minimum Gasteiger partial charge on any atom is -0.346 e. The molecule has 5 heteroatoms. The van der Waals surface area contributed by atoms with Crippen LogP contribution in [0.25, 0.3) is 0 Å². The van der Waals surface area contributed by atoms with Gasteiger partial charge in [0.05, 0.1) is 12.3 Å². The Morgan fingerprint density at radius 1 is 1.33 bits per heavy atom. The molecule has 1 atom stereocenters. The number of rotatable bonds is 1. The molecule has 15 heavy (non-hydrogen) atoms. The molecule has 1 unspecified atom stereocenters. The second-order valence-corrected chi connectivity index (χ2v) is 6.04. The van der Waals surface area contributed by atoms with Crippen LogP contribution in [0.4, 0.5) is 0 Å². The lowest BCUT2D eigenvalue weighted by Gasteiger charge is -2.33. The number of hydrogen-bond donors (Lipinski definition) is 0. The van der Waals surface area contributed by atoms with Crippen LogP contribution < -0.4 is 0 Å². The smallest absolute Gasteiger partial charge is 0.211 e. The third kappa shape index (κ3) is 1.70. The van der Waals surface area contributed by atoms with E-state index in [1.807, 2.05) is 26.0 Å². The van der Waals surface area contributed by atoms with Crippen LogP contribution in [0, 0.1) is 6.92 Å². The van der Waals surface area contributed by atoms with Gasteiger partial charge in [0.1, 0.15) is 0 Å². The Balaban J connectivity index is 2.43. The summed E-state index contributed by atoms with van der Waals surface area (Å²) in [6.45, 7) is 5.31. The molecule has 0 bridgehead atoms. The molecule has 0 spiro atoms. The Morgan fingerprint density at radius 3 is 2.60 bits per heavy atom. The van der Waals surface area contributed by atoms with E-state index in [1.54, 1.807) is 4.31 Å². The fourth-order valence-electron chi connectivity index (χ4n) is 2.25. The molecule has 1 aromatic rings. The van der Waals surface area contributed by atoms with Gasteiger partial charge in [0, 0.05) is 24.5 Å². The van der Waals surface area contributed by atoms with Crippen molar-refractivity contribution in [3.8, 4) is 0 Å². The fraction of sp³-hybridized carbons (Fsp3) is 0.600. The van der Waals surface area contributed by atoms with Crippen molar-refractivity contribution in [2.45, 2.75) is 26.4 Å². The van der Waals surface area contributed by atoms with Gasteiger partial charge < -0.3 is 4.57 Å². The standard InChI is InChI=1S/C10H16N2O2S/c1-8-4-5-10-9(2)12(15(3,13)14)7-6-11(8)10/h4-5,9H,6-7H2,1-3H3. The summed E-state index contributed by atoms with van der Waals surface area (Å²) in [5, 5.41) is 0. The maximum atomic E-state index is 11.5. The number of hydrogen-bond acceptors (Lipinski definition) is 2. The van der Waals surface area contributed by atoms with E-state index in [-0.39, 0.29) is 6.04 Å². The first-order valence-corrected chi connectivity index (χ1v) is 6.89. The topological polar surface area (TPSA) is 42.3 Å². The largest absolute Gasteiger partial charge is 0.346 e. The molecule has 1 aliphatic heterocycles. The van der Waals surface area contributed by atoms with Gasteiger partial charge in [-0.25, -0.2) is 8.42 Å². The fourth-order valence-corrected chi connectivity index (χ4v) is 3.35. The van der Waals surface area contributed by atoms with Crippen LogP contribution in [0.3, 0.4) is 0 Å². The van der Waals surface area contributed by atoms with Crippen molar-refractivity contribution in [1.29, 1.82) is 0 Å². The maximum Gasteiger partial charge on any atom is 0.211 e. The number of nitrogens with zero attached hydrogens (tertiary/aromatic N) is 2. The van der Waals surface area contributed by atoms with Crippen LogP contribution in [0.5, 0.6) is 0 Å². The average molecular weight is 228 g/mol. The summed E-state index contributed by atoms with van der Waals surface area (Å²) in [5.74, 6) is 0. The van der Waals surface area contributed by atoms with E-state index in [1.165, 1.54) is 11.9 Å². The van der Waals surface area contributed by atoms with E-state index < -0.39 is 10.0 Å². The van der Waals surface area contributed by atoms with E-state index in [0.717, 1.165) is 12.2 Å². The molecule has 1 aliphatic rings. The van der Waals surface area contributed by atoms with Gasteiger partial charge in [0.2, 0.25) is 10.0 Å². The van der Waals surface area contributed by atoms with Gasteiger partial charge in [-0.1, -0.05) is 0 Å². The number of sulfonamides is 1. The van der Waals surface area contributed by atoms with Gasteiger partial charge in [0.25, 0.3) is 0 Å². The molecule has 4 nitrogen and oxygen atoms in total. The normalized spacial score (nSPS) is 22.7. The predicted octanol–water partition coefficient (Wildman–Crippen LogP) is 1.13. The second-order valence-electron chi connectivity index (χ2n) is 4.10. The van der Waals surface area contributed by atoms with Crippen LogP contribution in [0.15, 0.2) is 12.1 Å². The Morgan fingerprint density at radius 2 is 2.00 bits per heavy atom. The van der Waals surface area contributed by atoms with Crippen molar-refractivity contribution >= 4 is 10.0 Å². The molecule has 84 valence electrons. The van der Waals surface area contributed by atoms with E-state index >= 15 is 0 Å². The van der Waals surface area contributed by atoms with Crippen LogP contribution >= 0.6 is 0 Å². The van der Waals surface area contributed by atoms with E-state index in [4.69, 9.17) is 0 Å². The highest BCUT2D eigenvalue weighted by molar-refractivity contribution is 7.88. The summed E-state index contributed by atoms with van der Waals surface area (Å²) in [5.41, 5.74) is 2.29. The summed E-state index contributed by atoms with van der Waals surface area (Å²) < 4.78 is 26.8. The molecule has 1 aromatic heterocycles. The monoisotopic (exact) mass is 228 g/mol. The Bertz CT molecular complexity index is 476. The molecule has 0 N–H and O–H groups in total. The highest BCUT2D eigenvalue weighted by Gasteiger charge is 2.30. The highest BCUT2D eigenvalue weighted by atomic mass is 32.2. The molecule has 0 aliphatic carbocycles. The molecular formula is C10H16N2O2S. The lowest BCUT2D eigenvalue weighted by atomic mass is 10.2. The molecule has 0 aromatic carbocycles. The molecule has 0 radical (unpaired) electrons. The van der Waals surface area contributed by atoms with Crippen LogP contribution in [-0.4, -0.2) is 30.1 Å². The van der Waals surface area contributed by atoms with Gasteiger partial charge in [0.15, 0.2) is 0 Å². The summed E-state index contributed by atoms with van der Waals surface area (Å²) in [7, 11) is -3.09. The van der Waals surface area contributed by atoms with E-state index in [9.17, 15) is 8.42 Å². The number of aryl methyl sites for hydroxylation is 1. The molecular weight excluding hydrogens is 212 g/mol. The van der Waals surface area contributed by atoms with E-state index in [0.29, 0.717) is 6.54 Å². The minimum atomic E-state index is -3.09. The SMILES string of the molecule is Cc1ccc2n1CCN(S(C)(=O)=O)C2C. The molecule has 0 amide bonds. The maximum absolute atomic E-state index is 11.5. The highest BCUT2D eigenvalue weighted by Crippen LogP contribution is 2.28. The van der Waals surface area contributed by atoms with Crippen LogP contribution in [-0.2, 0) is 16.6 Å². The first-order chi connectivity index (χ1) is 6.91. The molecule has 0 saturated heterocycles. The van der Waals surface area contributed by atoms with Crippen molar-refractivity contribution in [1.82, 2.24) is 8.87 Å². The van der Waals surface area contributed by atoms with Crippen molar-refractivity contribution in [2.75, 3.05) is 12.8 Å². The Labute approximate surface area is 90.6 Å². The minimum absolute atomic E-state index is 0.0533. The zero-order valence-electron chi connectivity index (χ0n) is 9.27. The van der Waals surface area contributed by atoms with Gasteiger partial charge in [-0.2, -0.15) is 4.31 Å². The van der Waals surface area contributed by atoms with Crippen LogP contribution in [0.1, 0.15) is 24.4 Å². The first-order valence-electron chi connectivity index (χ1n) is 5.04. The zero-order valence-corrected chi connectivity index (χ0v) is 10.1. The summed E-state index contributed by atoms with van der Waals surface area (Å²) >= 11 is 0. The second kappa shape index (κ2) is 3.35. The molecule has 0 fully saturated rings. The number of fused-ring (bicyclic) bond motifs is 1. The molecule has 2 rings (SSSR count). The third-order valence-electron chi connectivity index (χ3n) is 3.06. The van der Waals surface area contributed by atoms with E-state index in [2.05, 4.69) is 4.57 Å². The summed E-state index contributed by atoms with van der Waals surface area (Å²) in [4.78, 5) is 0. The van der Waals surface area contributed by atoms with Crippen molar-refractivity contribution in [3.05, 3.63) is 23.5 Å². The Hall–Kier alpha value is -0.810. The zero-order chi connectivity index (χ0) is 11.2. The average Bonchev–Trinajstić information content (AvgIpc) is 2.47. The molecule has 2 heterocycles. The quantitative estimate of drug-likeness (QED) is 0.723. The predicted molar refractivity (Wildman–Crippen MR) is 59.1 cm³/mol. The summed E-state index contributed by atoms with van der Waals surface area (Å²) in [6.07, 6.45) is 1.27.